The molecule has 6 nitrogen and oxygen atoms in total. The average Bonchev–Trinajstić information content (AvgIpc) is 0. The van der Waals surface area contributed by atoms with Crippen molar-refractivity contribution < 1.29 is 49.6 Å². The largest absolute Gasteiger partial charge is 0.412 e. The second-order valence-electron chi connectivity index (χ2n) is 0. The molecule has 0 bridgehead atoms. The first-order chi connectivity index (χ1) is 0. The zero-order chi connectivity index (χ0) is 0. The Balaban J connectivity index is 0. The molecule has 61 valence electrons. The van der Waals surface area contributed by atoms with Crippen molar-refractivity contribution in [2.24, 2.45) is 0 Å². The Kier molecular flexibility index (Phi) is 23000. The van der Waals surface area contributed by atoms with E-state index >= 15 is 0 Å². The van der Waals surface area contributed by atoms with E-state index in [1.54, 1.807) is 0 Å². The number of hydrogen-bond acceptors (Lipinski definition) is 0. The fourth-order valence-corrected chi connectivity index (χ4v) is 0. The van der Waals surface area contributed by atoms with Crippen LogP contribution in [-0.4, -0.2) is 56.8 Å². The van der Waals surface area contributed by atoms with Gasteiger partial charge < -0.3 is 32.9 Å². The Morgan fingerprint density at radius 3 is 0.375 bits per heavy atom. The molecule has 8 heavy (non-hydrogen) atoms. The van der Waals surface area contributed by atoms with E-state index in [9.17, 15) is 0 Å². The van der Waals surface area contributed by atoms with Gasteiger partial charge in [0.05, 0.1) is 0 Å². The Hall–Kier alpha value is 1.07. The summed E-state index contributed by atoms with van der Waals surface area (Å²) in [4.78, 5) is 0. The summed E-state index contributed by atoms with van der Waals surface area (Å²) < 4.78 is 0. The Morgan fingerprint density at radius 2 is 0.375 bits per heavy atom. The minimum absolute atomic E-state index is 0. The van der Waals surface area contributed by atoms with Crippen LogP contribution in [0.3, 0.4) is 0 Å². The molecule has 0 spiro atoms. The number of rotatable bonds is 0. The molecular formula is H12CoO6Sn. The first kappa shape index (κ1) is 520. The van der Waals surface area contributed by atoms with Crippen molar-refractivity contribution >= 4 is 23.9 Å². The number of hydrogen-bond donors (Lipinski definition) is 0. The van der Waals surface area contributed by atoms with Gasteiger partial charge in [0, 0.05) is 40.7 Å². The van der Waals surface area contributed by atoms with E-state index in [0.29, 0.717) is 0 Å². The summed E-state index contributed by atoms with van der Waals surface area (Å²) in [6.07, 6.45) is 0. The summed E-state index contributed by atoms with van der Waals surface area (Å²) in [5.74, 6) is 0. The maximum absolute atomic E-state index is 0. The molecule has 8 heteroatoms. The molecule has 0 atom stereocenters. The maximum Gasteiger partial charge on any atom is 0 e. The van der Waals surface area contributed by atoms with E-state index in [2.05, 4.69) is 0 Å². The van der Waals surface area contributed by atoms with Gasteiger partial charge in [0.25, 0.3) is 0 Å². The summed E-state index contributed by atoms with van der Waals surface area (Å²) in [6.45, 7) is 0. The molecule has 0 unspecified atom stereocenters. The molecule has 0 aliphatic rings. The predicted octanol–water partition coefficient (Wildman–Crippen LogP) is -5.33. The van der Waals surface area contributed by atoms with E-state index in [1.165, 1.54) is 0 Å². The van der Waals surface area contributed by atoms with Gasteiger partial charge in [-0.1, -0.05) is 0 Å². The summed E-state index contributed by atoms with van der Waals surface area (Å²) in [6, 6.07) is 0. The normalized spacial score (nSPS) is 0. The monoisotopic (exact) mass is 287 g/mol. The van der Waals surface area contributed by atoms with Crippen LogP contribution in [0.25, 0.3) is 0 Å². The molecule has 5 radical (unpaired) electrons. The molecule has 0 saturated heterocycles. The first-order valence-corrected chi connectivity index (χ1v) is 0. The van der Waals surface area contributed by atoms with E-state index in [1.807, 2.05) is 0 Å². The SMILES string of the molecule is O.O.O.O.O.O.[Co].[Sn]. The third-order valence-electron chi connectivity index (χ3n) is 0. The third-order valence-corrected chi connectivity index (χ3v) is 0. The molecule has 0 aromatic carbocycles. The predicted molar refractivity (Wildman–Crippen MR) is 27.4 cm³/mol. The summed E-state index contributed by atoms with van der Waals surface area (Å²) in [5, 5.41) is 0. The Morgan fingerprint density at radius 1 is 0.375 bits per heavy atom. The fraction of sp³-hybridized carbons (Fsp3) is 0. The van der Waals surface area contributed by atoms with Crippen molar-refractivity contribution in [1.82, 2.24) is 0 Å². The molecule has 0 heterocycles. The zero-order valence-electron chi connectivity index (χ0n) is 3.83. The van der Waals surface area contributed by atoms with Crippen LogP contribution in [0.2, 0.25) is 0 Å². The van der Waals surface area contributed by atoms with Crippen LogP contribution in [0.1, 0.15) is 0 Å². The topological polar surface area (TPSA) is 189 Å². The minimum Gasteiger partial charge on any atom is -0.412 e. The van der Waals surface area contributed by atoms with Crippen LogP contribution in [0.4, 0.5) is 0 Å². The smallest absolute Gasteiger partial charge is 0 e. The quantitative estimate of drug-likeness (QED) is 0.384. The van der Waals surface area contributed by atoms with Crippen LogP contribution in [0, 0.1) is 0 Å². The second-order valence-corrected chi connectivity index (χ2v) is 0. The van der Waals surface area contributed by atoms with Gasteiger partial charge in [0.15, 0.2) is 0 Å². The van der Waals surface area contributed by atoms with Gasteiger partial charge in [-0.3, -0.25) is 0 Å². The third kappa shape index (κ3) is 229. The van der Waals surface area contributed by atoms with Crippen LogP contribution in [0.15, 0.2) is 0 Å². The molecule has 12 N–H and O–H groups in total. The van der Waals surface area contributed by atoms with Crippen LogP contribution < -0.4 is 0 Å². The van der Waals surface area contributed by atoms with Crippen LogP contribution in [0.5, 0.6) is 0 Å². The molecule has 0 aromatic heterocycles. The van der Waals surface area contributed by atoms with E-state index < -0.39 is 0 Å². The van der Waals surface area contributed by atoms with E-state index in [4.69, 9.17) is 0 Å². The summed E-state index contributed by atoms with van der Waals surface area (Å²) in [5.41, 5.74) is 0. The molecule has 0 aromatic rings. The molecule has 0 aliphatic carbocycles. The molecular weight excluding hydrogens is 274 g/mol. The van der Waals surface area contributed by atoms with Crippen molar-refractivity contribution in [2.45, 2.75) is 0 Å². The average molecular weight is 286 g/mol. The Labute approximate surface area is 73.7 Å². The van der Waals surface area contributed by atoms with Crippen molar-refractivity contribution in [2.75, 3.05) is 0 Å². The Bertz CT molecular complexity index is 8.49. The van der Waals surface area contributed by atoms with Crippen LogP contribution >= 0.6 is 0 Å². The molecule has 0 fully saturated rings. The molecule has 0 aliphatic heterocycles. The second kappa shape index (κ2) is 355. The maximum atomic E-state index is 0. The van der Waals surface area contributed by atoms with E-state index in [0.717, 1.165) is 0 Å². The summed E-state index contributed by atoms with van der Waals surface area (Å²) in [7, 11) is 0. The minimum atomic E-state index is 0. The zero-order valence-corrected chi connectivity index (χ0v) is 7.73. The van der Waals surface area contributed by atoms with E-state index in [-0.39, 0.29) is 73.5 Å². The van der Waals surface area contributed by atoms with Crippen molar-refractivity contribution in [3.8, 4) is 0 Å². The fourth-order valence-electron chi connectivity index (χ4n) is 0. The van der Waals surface area contributed by atoms with Crippen molar-refractivity contribution in [3.05, 3.63) is 0 Å². The first-order valence-electron chi connectivity index (χ1n) is 0. The van der Waals surface area contributed by atoms with Gasteiger partial charge in [-0.2, -0.15) is 0 Å². The molecule has 0 amide bonds. The molecule has 0 rings (SSSR count). The van der Waals surface area contributed by atoms with Gasteiger partial charge in [0.1, 0.15) is 0 Å². The van der Waals surface area contributed by atoms with Crippen LogP contribution in [-0.2, 0) is 16.8 Å². The van der Waals surface area contributed by atoms with Crippen molar-refractivity contribution in [1.29, 1.82) is 0 Å². The summed E-state index contributed by atoms with van der Waals surface area (Å²) >= 11 is 0. The van der Waals surface area contributed by atoms with Crippen molar-refractivity contribution in [3.63, 3.8) is 0 Å². The van der Waals surface area contributed by atoms with Gasteiger partial charge in [-0.05, 0) is 0 Å². The van der Waals surface area contributed by atoms with Gasteiger partial charge >= 0.3 is 0 Å². The molecule has 0 saturated carbocycles. The van der Waals surface area contributed by atoms with Gasteiger partial charge in [-0.25, -0.2) is 0 Å². The van der Waals surface area contributed by atoms with Gasteiger partial charge in [0.2, 0.25) is 0 Å². The van der Waals surface area contributed by atoms with Gasteiger partial charge in [-0.15, -0.1) is 0 Å². The standard InChI is InChI=1S/Co.6H2O.Sn/h;6*1H2;.